The standard InChI is InChI=1S/C21H22ClN3O2S/c1-4-11-24(13-15-9-10-18(22)28-15)21(27)19-16-7-5-6-8-17(16)20(26)25(23-19)12-14(2)3/h4-10,14H,1,11-13H2,2-3H3. The van der Waals surface area contributed by atoms with E-state index in [9.17, 15) is 9.59 Å². The average Bonchev–Trinajstić information content (AvgIpc) is 3.07. The van der Waals surface area contributed by atoms with Gasteiger partial charge in [-0.05, 0) is 24.1 Å². The van der Waals surface area contributed by atoms with Gasteiger partial charge >= 0.3 is 0 Å². The van der Waals surface area contributed by atoms with Crippen LogP contribution in [0.2, 0.25) is 4.34 Å². The van der Waals surface area contributed by atoms with E-state index < -0.39 is 0 Å². The van der Waals surface area contributed by atoms with E-state index in [0.29, 0.717) is 34.7 Å². The second-order valence-corrected chi connectivity index (χ2v) is 8.76. The van der Waals surface area contributed by atoms with Crippen LogP contribution in [0.4, 0.5) is 0 Å². The molecule has 0 unspecified atom stereocenters. The van der Waals surface area contributed by atoms with Crippen molar-refractivity contribution in [1.82, 2.24) is 14.7 Å². The SMILES string of the molecule is C=CCN(Cc1ccc(Cl)s1)C(=O)c1nn(CC(C)C)c(=O)c2ccccc12. The Hall–Kier alpha value is -2.44. The molecule has 0 fully saturated rings. The number of thiophene rings is 1. The van der Waals surface area contributed by atoms with E-state index in [1.165, 1.54) is 16.0 Å². The molecule has 0 atom stereocenters. The van der Waals surface area contributed by atoms with Crippen molar-refractivity contribution in [3.8, 4) is 0 Å². The fourth-order valence-corrected chi connectivity index (χ4v) is 4.12. The normalized spacial score (nSPS) is 11.1. The van der Waals surface area contributed by atoms with Crippen molar-refractivity contribution in [2.24, 2.45) is 5.92 Å². The van der Waals surface area contributed by atoms with Crippen molar-refractivity contribution >= 4 is 39.6 Å². The molecule has 0 spiro atoms. The number of hydrogen-bond donors (Lipinski definition) is 0. The van der Waals surface area contributed by atoms with Gasteiger partial charge < -0.3 is 4.90 Å². The Bertz CT molecular complexity index is 1070. The van der Waals surface area contributed by atoms with E-state index >= 15 is 0 Å². The quantitative estimate of drug-likeness (QED) is 0.530. The van der Waals surface area contributed by atoms with Gasteiger partial charge in [0.05, 0.1) is 16.3 Å². The molecule has 2 heterocycles. The van der Waals surface area contributed by atoms with Crippen LogP contribution in [-0.4, -0.2) is 27.1 Å². The van der Waals surface area contributed by atoms with Gasteiger partial charge in [-0.25, -0.2) is 4.68 Å². The molecule has 0 radical (unpaired) electrons. The maximum absolute atomic E-state index is 13.4. The third kappa shape index (κ3) is 4.34. The molecule has 0 bridgehead atoms. The summed E-state index contributed by atoms with van der Waals surface area (Å²) in [5.41, 5.74) is 0.0986. The van der Waals surface area contributed by atoms with Gasteiger partial charge in [0.25, 0.3) is 11.5 Å². The molecule has 3 rings (SSSR count). The van der Waals surface area contributed by atoms with Crippen LogP contribution >= 0.6 is 22.9 Å². The molecule has 28 heavy (non-hydrogen) atoms. The predicted octanol–water partition coefficient (Wildman–Crippen LogP) is 4.60. The number of carbonyl (C=O) groups excluding carboxylic acids is 1. The second-order valence-electron chi connectivity index (χ2n) is 6.96. The summed E-state index contributed by atoms with van der Waals surface area (Å²) >= 11 is 7.46. The molecule has 0 aliphatic rings. The molecule has 0 saturated heterocycles. The summed E-state index contributed by atoms with van der Waals surface area (Å²) in [4.78, 5) is 28.8. The van der Waals surface area contributed by atoms with Crippen LogP contribution in [0.1, 0.15) is 29.2 Å². The molecule has 3 aromatic rings. The zero-order valence-electron chi connectivity index (χ0n) is 15.9. The molecule has 5 nitrogen and oxygen atoms in total. The first-order valence-corrected chi connectivity index (χ1v) is 10.2. The Labute approximate surface area is 172 Å². The summed E-state index contributed by atoms with van der Waals surface area (Å²) in [5, 5.41) is 5.51. The van der Waals surface area contributed by atoms with E-state index in [1.54, 1.807) is 29.2 Å². The van der Waals surface area contributed by atoms with Crippen LogP contribution in [0.5, 0.6) is 0 Å². The Balaban J connectivity index is 2.08. The number of hydrogen-bond acceptors (Lipinski definition) is 4. The lowest BCUT2D eigenvalue weighted by atomic mass is 10.1. The van der Waals surface area contributed by atoms with E-state index in [0.717, 1.165) is 4.88 Å². The maximum Gasteiger partial charge on any atom is 0.275 e. The first-order valence-electron chi connectivity index (χ1n) is 9.05. The average molecular weight is 416 g/mol. The lowest BCUT2D eigenvalue weighted by Gasteiger charge is -2.21. The fraction of sp³-hybridized carbons (Fsp3) is 0.286. The van der Waals surface area contributed by atoms with Crippen molar-refractivity contribution < 1.29 is 4.79 Å². The zero-order valence-corrected chi connectivity index (χ0v) is 17.5. The van der Waals surface area contributed by atoms with Gasteiger partial charge in [-0.3, -0.25) is 9.59 Å². The van der Waals surface area contributed by atoms with Crippen LogP contribution < -0.4 is 5.56 Å². The number of carbonyl (C=O) groups is 1. The minimum atomic E-state index is -0.238. The number of rotatable bonds is 7. The minimum Gasteiger partial charge on any atom is -0.328 e. The third-order valence-electron chi connectivity index (χ3n) is 4.22. The highest BCUT2D eigenvalue weighted by Crippen LogP contribution is 2.24. The first-order chi connectivity index (χ1) is 13.4. The third-order valence-corrected chi connectivity index (χ3v) is 5.44. The highest BCUT2D eigenvalue weighted by atomic mass is 35.5. The molecule has 0 aliphatic carbocycles. The maximum atomic E-state index is 13.4. The summed E-state index contributed by atoms with van der Waals surface area (Å²) in [7, 11) is 0. The Kier molecular flexibility index (Phi) is 6.31. The number of fused-ring (bicyclic) bond motifs is 1. The largest absolute Gasteiger partial charge is 0.328 e. The lowest BCUT2D eigenvalue weighted by Crippen LogP contribution is -2.34. The highest BCUT2D eigenvalue weighted by Gasteiger charge is 2.22. The Morgan fingerprint density at radius 3 is 2.61 bits per heavy atom. The highest BCUT2D eigenvalue weighted by molar-refractivity contribution is 7.16. The van der Waals surface area contributed by atoms with Crippen molar-refractivity contribution in [1.29, 1.82) is 0 Å². The number of nitrogens with zero attached hydrogens (tertiary/aromatic N) is 3. The molecule has 146 valence electrons. The summed E-state index contributed by atoms with van der Waals surface area (Å²) in [6, 6.07) is 10.8. The Morgan fingerprint density at radius 2 is 2.00 bits per heavy atom. The molecule has 7 heteroatoms. The lowest BCUT2D eigenvalue weighted by molar-refractivity contribution is 0.0757. The zero-order chi connectivity index (χ0) is 20.3. The molecule has 2 aromatic heterocycles. The number of halogens is 1. The first kappa shape index (κ1) is 20.3. The van der Waals surface area contributed by atoms with Crippen molar-refractivity contribution in [3.05, 3.63) is 74.3 Å². The van der Waals surface area contributed by atoms with E-state index in [2.05, 4.69) is 11.7 Å². The molecule has 0 saturated carbocycles. The van der Waals surface area contributed by atoms with Crippen LogP contribution in [0.3, 0.4) is 0 Å². The summed E-state index contributed by atoms with van der Waals surface area (Å²) in [6.45, 7) is 9.01. The molecule has 1 aromatic carbocycles. The molecule has 0 aliphatic heterocycles. The van der Waals surface area contributed by atoms with Gasteiger partial charge in [0.15, 0.2) is 5.69 Å². The molecule has 1 amide bonds. The predicted molar refractivity (Wildman–Crippen MR) is 115 cm³/mol. The summed E-state index contributed by atoms with van der Waals surface area (Å²) < 4.78 is 2.07. The molecular weight excluding hydrogens is 394 g/mol. The van der Waals surface area contributed by atoms with Gasteiger partial charge in [-0.15, -0.1) is 17.9 Å². The van der Waals surface area contributed by atoms with E-state index in [4.69, 9.17) is 11.6 Å². The molecule has 0 N–H and O–H groups in total. The van der Waals surface area contributed by atoms with Gasteiger partial charge in [0.1, 0.15) is 0 Å². The van der Waals surface area contributed by atoms with Gasteiger partial charge in [0.2, 0.25) is 0 Å². The van der Waals surface area contributed by atoms with Crippen molar-refractivity contribution in [2.75, 3.05) is 6.54 Å². The topological polar surface area (TPSA) is 55.2 Å². The van der Waals surface area contributed by atoms with Crippen LogP contribution in [-0.2, 0) is 13.1 Å². The monoisotopic (exact) mass is 415 g/mol. The summed E-state index contributed by atoms with van der Waals surface area (Å²) in [6.07, 6.45) is 1.68. The van der Waals surface area contributed by atoms with Gasteiger partial charge in [-0.1, -0.05) is 49.7 Å². The van der Waals surface area contributed by atoms with Crippen LogP contribution in [0, 0.1) is 5.92 Å². The van der Waals surface area contributed by atoms with E-state index in [-0.39, 0.29) is 23.1 Å². The fourth-order valence-electron chi connectivity index (χ4n) is 3.01. The van der Waals surface area contributed by atoms with Crippen molar-refractivity contribution in [3.63, 3.8) is 0 Å². The smallest absolute Gasteiger partial charge is 0.275 e. The van der Waals surface area contributed by atoms with Gasteiger partial charge in [-0.2, -0.15) is 5.10 Å². The number of amides is 1. The summed E-state index contributed by atoms with van der Waals surface area (Å²) in [5.74, 6) is -0.00928. The van der Waals surface area contributed by atoms with Crippen LogP contribution in [0.25, 0.3) is 10.8 Å². The van der Waals surface area contributed by atoms with Gasteiger partial charge in [0, 0.05) is 23.4 Å². The molecular formula is C21H22ClN3O2S. The number of aromatic nitrogens is 2. The van der Waals surface area contributed by atoms with E-state index in [1.807, 2.05) is 32.0 Å². The van der Waals surface area contributed by atoms with Crippen molar-refractivity contribution in [2.45, 2.75) is 26.9 Å². The number of benzene rings is 1. The second kappa shape index (κ2) is 8.71. The minimum absolute atomic E-state index is 0.179. The Morgan fingerprint density at radius 1 is 1.29 bits per heavy atom. The van der Waals surface area contributed by atoms with Crippen LogP contribution in [0.15, 0.2) is 53.8 Å².